The van der Waals surface area contributed by atoms with Crippen LogP contribution in [0.5, 0.6) is 0 Å². The lowest BCUT2D eigenvalue weighted by atomic mass is 10.2. The molecule has 0 aromatic carbocycles. The summed E-state index contributed by atoms with van der Waals surface area (Å²) in [4.78, 5) is 8.56. The molecule has 66 valence electrons. The third-order valence-electron chi connectivity index (χ3n) is 1.74. The summed E-state index contributed by atoms with van der Waals surface area (Å²) >= 11 is 5.72. The van der Waals surface area contributed by atoms with E-state index < -0.39 is 0 Å². The molecule has 2 nitrogen and oxygen atoms in total. The highest BCUT2D eigenvalue weighted by atomic mass is 35.5. The van der Waals surface area contributed by atoms with Gasteiger partial charge >= 0.3 is 0 Å². The van der Waals surface area contributed by atoms with Crippen LogP contribution in [-0.4, -0.2) is 9.97 Å². The average Bonchev–Trinajstić information content (AvgIpc) is 2.05. The van der Waals surface area contributed by atoms with Gasteiger partial charge in [-0.15, -0.1) is 11.6 Å². The molecule has 0 radical (unpaired) electrons. The highest BCUT2D eigenvalue weighted by molar-refractivity contribution is 6.16. The summed E-state index contributed by atoms with van der Waals surface area (Å²) in [6, 6.07) is 0. The molecule has 0 aliphatic heterocycles. The fourth-order valence-electron chi connectivity index (χ4n) is 0.906. The lowest BCUT2D eigenvalue weighted by Crippen LogP contribution is -2.01. The predicted octanol–water partition coefficient (Wildman–Crippen LogP) is 2.65. The van der Waals surface area contributed by atoms with Gasteiger partial charge in [-0.3, -0.25) is 0 Å². The fraction of sp³-hybridized carbons (Fsp3) is 0.556. The smallest absolute Gasteiger partial charge is 0.131 e. The van der Waals surface area contributed by atoms with Crippen molar-refractivity contribution in [3.05, 3.63) is 23.3 Å². The van der Waals surface area contributed by atoms with Gasteiger partial charge in [0.25, 0.3) is 0 Å². The molecule has 0 saturated carbocycles. The Labute approximate surface area is 78.0 Å². The number of aryl methyl sites for hydroxylation is 1. The number of hydrogen-bond donors (Lipinski definition) is 0. The van der Waals surface area contributed by atoms with E-state index in [1.54, 1.807) is 0 Å². The Hall–Kier alpha value is -0.630. The highest BCUT2D eigenvalue weighted by Gasteiger charge is 2.05. The van der Waals surface area contributed by atoms with Crippen LogP contribution in [0, 0.1) is 6.92 Å². The molecular formula is C9H13ClN2. The zero-order valence-electron chi connectivity index (χ0n) is 7.63. The molecule has 12 heavy (non-hydrogen) atoms. The molecule has 0 N–H and O–H groups in total. The number of halogens is 1. The van der Waals surface area contributed by atoms with Gasteiger partial charge < -0.3 is 0 Å². The Balaban J connectivity index is 3.05. The first-order chi connectivity index (χ1) is 5.65. The van der Waals surface area contributed by atoms with Crippen molar-refractivity contribution in [2.24, 2.45) is 0 Å². The molecule has 0 saturated heterocycles. The first-order valence-electron chi connectivity index (χ1n) is 4.03. The molecule has 0 aliphatic carbocycles. The van der Waals surface area contributed by atoms with Crippen molar-refractivity contribution in [2.45, 2.75) is 32.6 Å². The van der Waals surface area contributed by atoms with Gasteiger partial charge in [0.1, 0.15) is 5.82 Å². The fourth-order valence-corrected chi connectivity index (χ4v) is 1.18. The summed E-state index contributed by atoms with van der Waals surface area (Å²) < 4.78 is 0. The number of hydrogen-bond acceptors (Lipinski definition) is 2. The minimum absolute atomic E-state index is 0.368. The molecule has 1 heterocycles. The van der Waals surface area contributed by atoms with E-state index in [1.165, 1.54) is 0 Å². The van der Waals surface area contributed by atoms with Crippen LogP contribution in [0.25, 0.3) is 0 Å². The molecule has 0 bridgehead atoms. The minimum atomic E-state index is 0.368. The Morgan fingerprint density at radius 2 is 2.17 bits per heavy atom. The van der Waals surface area contributed by atoms with Crippen LogP contribution in [-0.2, 0) is 5.88 Å². The van der Waals surface area contributed by atoms with Gasteiger partial charge in [0.2, 0.25) is 0 Å². The van der Waals surface area contributed by atoms with E-state index in [1.807, 2.05) is 13.1 Å². The summed E-state index contributed by atoms with van der Waals surface area (Å²) in [5, 5.41) is 0. The zero-order chi connectivity index (χ0) is 9.14. The monoisotopic (exact) mass is 184 g/mol. The summed E-state index contributed by atoms with van der Waals surface area (Å²) in [7, 11) is 0. The van der Waals surface area contributed by atoms with Crippen LogP contribution in [0.3, 0.4) is 0 Å². The topological polar surface area (TPSA) is 25.8 Å². The van der Waals surface area contributed by atoms with Crippen LogP contribution < -0.4 is 0 Å². The maximum Gasteiger partial charge on any atom is 0.131 e. The molecule has 1 rings (SSSR count). The molecule has 3 heteroatoms. The third-order valence-corrected chi connectivity index (χ3v) is 1.99. The lowest BCUT2D eigenvalue weighted by Gasteiger charge is -2.06. The number of nitrogens with zero attached hydrogens (tertiary/aromatic N) is 2. The molecule has 0 fully saturated rings. The molecule has 0 spiro atoms. The van der Waals surface area contributed by atoms with Gasteiger partial charge in [0, 0.05) is 12.1 Å². The van der Waals surface area contributed by atoms with E-state index in [0.29, 0.717) is 11.8 Å². The molecule has 0 aliphatic rings. The molecule has 0 amide bonds. The van der Waals surface area contributed by atoms with E-state index >= 15 is 0 Å². The normalized spacial score (nSPS) is 10.8. The first kappa shape index (κ1) is 9.46. The molecule has 1 aromatic heterocycles. The standard InChI is InChI=1S/C9H13ClN2/c1-6(2)9-11-5-7(3)8(4-10)12-9/h5-6H,4H2,1-3H3. The largest absolute Gasteiger partial charge is 0.241 e. The van der Waals surface area contributed by atoms with Crippen molar-refractivity contribution in [3.8, 4) is 0 Å². The van der Waals surface area contributed by atoms with Gasteiger partial charge in [-0.05, 0) is 12.5 Å². The Bertz CT molecular complexity index is 271. The average molecular weight is 185 g/mol. The van der Waals surface area contributed by atoms with E-state index in [2.05, 4.69) is 23.8 Å². The Morgan fingerprint density at radius 1 is 1.50 bits per heavy atom. The Kier molecular flexibility index (Phi) is 3.04. The maximum atomic E-state index is 5.72. The zero-order valence-corrected chi connectivity index (χ0v) is 8.39. The van der Waals surface area contributed by atoms with Crippen molar-refractivity contribution < 1.29 is 0 Å². The molecule has 1 aromatic rings. The second-order valence-corrected chi connectivity index (χ2v) is 3.41. The quantitative estimate of drug-likeness (QED) is 0.661. The summed E-state index contributed by atoms with van der Waals surface area (Å²) in [6.45, 7) is 6.12. The number of alkyl halides is 1. The van der Waals surface area contributed by atoms with Crippen LogP contribution in [0.2, 0.25) is 0 Å². The van der Waals surface area contributed by atoms with E-state index in [4.69, 9.17) is 11.6 Å². The van der Waals surface area contributed by atoms with Gasteiger partial charge in [0.15, 0.2) is 0 Å². The van der Waals surface area contributed by atoms with Crippen molar-refractivity contribution in [1.29, 1.82) is 0 Å². The van der Waals surface area contributed by atoms with Crippen molar-refractivity contribution in [3.63, 3.8) is 0 Å². The molecular weight excluding hydrogens is 172 g/mol. The summed E-state index contributed by atoms with van der Waals surface area (Å²) in [6.07, 6.45) is 1.83. The second kappa shape index (κ2) is 3.85. The van der Waals surface area contributed by atoms with Gasteiger partial charge in [-0.1, -0.05) is 13.8 Å². The number of aromatic nitrogens is 2. The first-order valence-corrected chi connectivity index (χ1v) is 4.57. The van der Waals surface area contributed by atoms with Gasteiger partial charge in [-0.25, -0.2) is 9.97 Å². The molecule has 0 unspecified atom stereocenters. The van der Waals surface area contributed by atoms with Crippen LogP contribution in [0.15, 0.2) is 6.20 Å². The van der Waals surface area contributed by atoms with Crippen molar-refractivity contribution in [2.75, 3.05) is 0 Å². The number of rotatable bonds is 2. The predicted molar refractivity (Wildman–Crippen MR) is 50.4 cm³/mol. The van der Waals surface area contributed by atoms with Gasteiger partial charge in [-0.2, -0.15) is 0 Å². The van der Waals surface area contributed by atoms with Crippen LogP contribution in [0.4, 0.5) is 0 Å². The second-order valence-electron chi connectivity index (χ2n) is 3.15. The van der Waals surface area contributed by atoms with E-state index in [0.717, 1.165) is 17.1 Å². The lowest BCUT2D eigenvalue weighted by molar-refractivity contribution is 0.760. The van der Waals surface area contributed by atoms with Crippen LogP contribution in [0.1, 0.15) is 36.8 Å². The summed E-state index contributed by atoms with van der Waals surface area (Å²) in [5.74, 6) is 1.71. The van der Waals surface area contributed by atoms with E-state index in [-0.39, 0.29) is 0 Å². The van der Waals surface area contributed by atoms with Crippen molar-refractivity contribution >= 4 is 11.6 Å². The summed E-state index contributed by atoms with van der Waals surface area (Å²) in [5.41, 5.74) is 2.00. The third kappa shape index (κ3) is 1.95. The van der Waals surface area contributed by atoms with Gasteiger partial charge in [0.05, 0.1) is 11.6 Å². The van der Waals surface area contributed by atoms with E-state index in [9.17, 15) is 0 Å². The SMILES string of the molecule is Cc1cnc(C(C)C)nc1CCl. The highest BCUT2D eigenvalue weighted by Crippen LogP contribution is 2.12. The van der Waals surface area contributed by atoms with Crippen LogP contribution >= 0.6 is 11.6 Å². The maximum absolute atomic E-state index is 5.72. The molecule has 0 atom stereocenters. The minimum Gasteiger partial charge on any atom is -0.241 e. The van der Waals surface area contributed by atoms with Crippen molar-refractivity contribution in [1.82, 2.24) is 9.97 Å². The Morgan fingerprint density at radius 3 is 2.67 bits per heavy atom.